The first-order valence-electron chi connectivity index (χ1n) is 6.51. The zero-order chi connectivity index (χ0) is 13.7. The number of benzene rings is 1. The lowest BCUT2D eigenvalue weighted by Gasteiger charge is -2.09. The molecule has 0 aliphatic carbocycles. The molecule has 0 radical (unpaired) electrons. The van der Waals surface area contributed by atoms with Crippen molar-refractivity contribution in [2.45, 2.75) is 32.8 Å². The van der Waals surface area contributed by atoms with Gasteiger partial charge >= 0.3 is 0 Å². The molecule has 1 atom stereocenters. The molecule has 1 aromatic heterocycles. The third kappa shape index (κ3) is 3.54. The van der Waals surface area contributed by atoms with E-state index >= 15 is 0 Å². The quantitative estimate of drug-likeness (QED) is 0.809. The minimum atomic E-state index is -0.0890. The Kier molecular flexibility index (Phi) is 4.52. The van der Waals surface area contributed by atoms with Crippen molar-refractivity contribution in [3.05, 3.63) is 41.5 Å². The van der Waals surface area contributed by atoms with Crippen molar-refractivity contribution in [2.75, 3.05) is 12.3 Å². The summed E-state index contributed by atoms with van der Waals surface area (Å²) < 4.78 is 10.8. The second-order valence-electron chi connectivity index (χ2n) is 4.32. The number of ether oxygens (including phenoxy) is 1. The number of nitrogens with zero attached hydrogens (tertiary/aromatic N) is 2. The number of rotatable bonds is 6. The number of nitrogens with two attached hydrogens (primary N) is 1. The topological polar surface area (TPSA) is 74.2 Å². The molecule has 0 aliphatic heterocycles. The van der Waals surface area contributed by atoms with Crippen LogP contribution in [0, 0.1) is 0 Å². The summed E-state index contributed by atoms with van der Waals surface area (Å²) in [6, 6.07) is 7.64. The standard InChI is InChI=1S/C14H19N3O2/c1-3-12(18-4-2)14-16-13(19-17-14)9-10-5-7-11(15)8-6-10/h5-8,12H,3-4,9,15H2,1-2H3. The van der Waals surface area contributed by atoms with Gasteiger partial charge in [0.15, 0.2) is 0 Å². The average molecular weight is 261 g/mol. The van der Waals surface area contributed by atoms with Gasteiger partial charge in [-0.2, -0.15) is 4.98 Å². The van der Waals surface area contributed by atoms with E-state index in [1.807, 2.05) is 38.1 Å². The summed E-state index contributed by atoms with van der Waals surface area (Å²) in [7, 11) is 0. The number of hydrogen-bond acceptors (Lipinski definition) is 5. The van der Waals surface area contributed by atoms with Crippen molar-refractivity contribution >= 4 is 5.69 Å². The third-order valence-electron chi connectivity index (χ3n) is 2.85. The number of aromatic nitrogens is 2. The average Bonchev–Trinajstić information content (AvgIpc) is 2.87. The van der Waals surface area contributed by atoms with E-state index in [1.165, 1.54) is 0 Å². The summed E-state index contributed by atoms with van der Waals surface area (Å²) in [4.78, 5) is 4.38. The van der Waals surface area contributed by atoms with Crippen LogP contribution in [0.1, 0.15) is 43.7 Å². The van der Waals surface area contributed by atoms with Crippen molar-refractivity contribution in [3.8, 4) is 0 Å². The summed E-state index contributed by atoms with van der Waals surface area (Å²) in [5.41, 5.74) is 7.49. The highest BCUT2D eigenvalue weighted by Crippen LogP contribution is 2.19. The zero-order valence-electron chi connectivity index (χ0n) is 11.3. The summed E-state index contributed by atoms with van der Waals surface area (Å²) in [5.74, 6) is 1.22. The van der Waals surface area contributed by atoms with E-state index in [1.54, 1.807) is 0 Å². The highest BCUT2D eigenvalue weighted by molar-refractivity contribution is 5.39. The Morgan fingerprint density at radius 3 is 2.63 bits per heavy atom. The molecule has 2 aromatic rings. The molecule has 1 aromatic carbocycles. The molecule has 2 N–H and O–H groups in total. The molecule has 0 bridgehead atoms. The van der Waals surface area contributed by atoms with Crippen molar-refractivity contribution < 1.29 is 9.26 Å². The second-order valence-corrected chi connectivity index (χ2v) is 4.32. The van der Waals surface area contributed by atoms with Gasteiger partial charge in [-0.25, -0.2) is 0 Å². The number of hydrogen-bond donors (Lipinski definition) is 1. The summed E-state index contributed by atoms with van der Waals surface area (Å²) in [5, 5.41) is 3.98. The van der Waals surface area contributed by atoms with Gasteiger partial charge < -0.3 is 15.0 Å². The van der Waals surface area contributed by atoms with Gasteiger partial charge in [0.2, 0.25) is 11.7 Å². The molecule has 1 heterocycles. The van der Waals surface area contributed by atoms with E-state index in [9.17, 15) is 0 Å². The summed E-state index contributed by atoms with van der Waals surface area (Å²) in [6.07, 6.45) is 1.35. The molecule has 0 saturated heterocycles. The Hall–Kier alpha value is -1.88. The predicted molar refractivity (Wildman–Crippen MR) is 72.6 cm³/mol. The highest BCUT2D eigenvalue weighted by atomic mass is 16.5. The Labute approximate surface area is 112 Å². The molecule has 1 unspecified atom stereocenters. The van der Waals surface area contributed by atoms with Crippen LogP contribution >= 0.6 is 0 Å². The Morgan fingerprint density at radius 2 is 2.00 bits per heavy atom. The van der Waals surface area contributed by atoms with Crippen LogP contribution in [0.4, 0.5) is 5.69 Å². The van der Waals surface area contributed by atoms with Crippen LogP contribution in [0.5, 0.6) is 0 Å². The smallest absolute Gasteiger partial charge is 0.231 e. The molecule has 0 amide bonds. The molecule has 0 spiro atoms. The van der Waals surface area contributed by atoms with Gasteiger partial charge in [-0.15, -0.1) is 0 Å². The van der Waals surface area contributed by atoms with Crippen LogP contribution in [-0.2, 0) is 11.2 Å². The van der Waals surface area contributed by atoms with Crippen LogP contribution in [0.25, 0.3) is 0 Å². The van der Waals surface area contributed by atoms with Gasteiger partial charge in [-0.1, -0.05) is 24.2 Å². The number of nitrogen functional groups attached to an aromatic ring is 1. The molecule has 0 saturated carbocycles. The first-order chi connectivity index (χ1) is 9.22. The maximum absolute atomic E-state index is 5.65. The zero-order valence-corrected chi connectivity index (χ0v) is 11.3. The molecule has 5 nitrogen and oxygen atoms in total. The van der Waals surface area contributed by atoms with Crippen LogP contribution < -0.4 is 5.73 Å². The Bertz CT molecular complexity index is 508. The first kappa shape index (κ1) is 13.5. The van der Waals surface area contributed by atoms with Gasteiger partial charge in [0.05, 0.1) is 6.42 Å². The van der Waals surface area contributed by atoms with Gasteiger partial charge in [0.1, 0.15) is 6.10 Å². The first-order valence-corrected chi connectivity index (χ1v) is 6.51. The fourth-order valence-electron chi connectivity index (χ4n) is 1.86. The lowest BCUT2D eigenvalue weighted by Crippen LogP contribution is -2.05. The van der Waals surface area contributed by atoms with Crippen molar-refractivity contribution in [1.29, 1.82) is 0 Å². The fourth-order valence-corrected chi connectivity index (χ4v) is 1.86. The fraction of sp³-hybridized carbons (Fsp3) is 0.429. The lowest BCUT2D eigenvalue weighted by atomic mass is 10.1. The van der Waals surface area contributed by atoms with E-state index in [4.69, 9.17) is 15.0 Å². The maximum Gasteiger partial charge on any atom is 0.231 e. The van der Waals surface area contributed by atoms with Crippen molar-refractivity contribution in [3.63, 3.8) is 0 Å². The van der Waals surface area contributed by atoms with Crippen LogP contribution in [-0.4, -0.2) is 16.7 Å². The van der Waals surface area contributed by atoms with E-state index < -0.39 is 0 Å². The van der Waals surface area contributed by atoms with E-state index in [2.05, 4.69) is 10.1 Å². The number of anilines is 1. The summed E-state index contributed by atoms with van der Waals surface area (Å²) in [6.45, 7) is 4.63. The Balaban J connectivity index is 2.06. The van der Waals surface area contributed by atoms with Crippen LogP contribution in [0.2, 0.25) is 0 Å². The molecule has 0 aliphatic rings. The maximum atomic E-state index is 5.65. The molecular formula is C14H19N3O2. The monoisotopic (exact) mass is 261 g/mol. The minimum absolute atomic E-state index is 0.0890. The molecule has 5 heteroatoms. The largest absolute Gasteiger partial charge is 0.399 e. The van der Waals surface area contributed by atoms with E-state index in [0.29, 0.717) is 24.7 Å². The van der Waals surface area contributed by atoms with Gasteiger partial charge in [0.25, 0.3) is 0 Å². The SMILES string of the molecule is CCOC(CC)c1noc(Cc2ccc(N)cc2)n1. The second kappa shape index (κ2) is 6.33. The van der Waals surface area contributed by atoms with Crippen molar-refractivity contribution in [1.82, 2.24) is 10.1 Å². The van der Waals surface area contributed by atoms with Gasteiger partial charge in [-0.3, -0.25) is 0 Å². The molecule has 19 heavy (non-hydrogen) atoms. The molecular weight excluding hydrogens is 242 g/mol. The molecule has 0 fully saturated rings. The molecule has 102 valence electrons. The lowest BCUT2D eigenvalue weighted by molar-refractivity contribution is 0.0518. The van der Waals surface area contributed by atoms with E-state index in [0.717, 1.165) is 17.7 Å². The minimum Gasteiger partial charge on any atom is -0.399 e. The van der Waals surface area contributed by atoms with E-state index in [-0.39, 0.29) is 6.10 Å². The van der Waals surface area contributed by atoms with Crippen LogP contribution in [0.15, 0.2) is 28.8 Å². The predicted octanol–water partition coefficient (Wildman–Crippen LogP) is 2.73. The summed E-state index contributed by atoms with van der Waals surface area (Å²) >= 11 is 0. The van der Waals surface area contributed by atoms with Gasteiger partial charge in [0, 0.05) is 12.3 Å². The molecule has 2 rings (SSSR count). The normalized spacial score (nSPS) is 12.5. The van der Waals surface area contributed by atoms with Gasteiger partial charge in [-0.05, 0) is 31.0 Å². The van der Waals surface area contributed by atoms with Crippen LogP contribution in [0.3, 0.4) is 0 Å². The third-order valence-corrected chi connectivity index (χ3v) is 2.85. The Morgan fingerprint density at radius 1 is 1.26 bits per heavy atom. The van der Waals surface area contributed by atoms with Crippen molar-refractivity contribution in [2.24, 2.45) is 0 Å². The highest BCUT2D eigenvalue weighted by Gasteiger charge is 2.16.